The molecule has 1 fully saturated rings. The van der Waals surface area contributed by atoms with E-state index in [0.717, 1.165) is 10.6 Å². The number of nitrogens with zero attached hydrogens (tertiary/aromatic N) is 1. The van der Waals surface area contributed by atoms with Gasteiger partial charge in [0.15, 0.2) is 6.61 Å². The molecule has 0 aromatic heterocycles. The van der Waals surface area contributed by atoms with Crippen molar-refractivity contribution in [1.82, 2.24) is 10.4 Å². The Balaban J connectivity index is 1.54. The molecule has 0 bridgehead atoms. The fourth-order valence-electron chi connectivity index (χ4n) is 3.33. The van der Waals surface area contributed by atoms with Crippen molar-refractivity contribution in [1.29, 1.82) is 0 Å². The number of Topliss-reactive ketones (excluding diaryl/α,β-unsaturated/α-hetero) is 1. The Hall–Kier alpha value is -2.90. The number of hydrogen-bond donors (Lipinski definition) is 1. The van der Waals surface area contributed by atoms with Crippen LogP contribution in [0.1, 0.15) is 53.5 Å². The summed E-state index contributed by atoms with van der Waals surface area (Å²) < 4.78 is 5.09. The van der Waals surface area contributed by atoms with E-state index in [1.165, 1.54) is 18.2 Å². The van der Waals surface area contributed by atoms with Crippen molar-refractivity contribution in [3.8, 4) is 0 Å². The van der Waals surface area contributed by atoms with Crippen LogP contribution in [-0.2, 0) is 19.7 Å². The number of esters is 1. The molecule has 7 nitrogen and oxygen atoms in total. The van der Waals surface area contributed by atoms with E-state index >= 15 is 0 Å². The van der Waals surface area contributed by atoms with E-state index in [-0.39, 0.29) is 29.0 Å². The molecule has 2 aromatic rings. The molecular weight excluding hydrogens is 467 g/mol. The third-order valence-corrected chi connectivity index (χ3v) is 5.83. The molecule has 174 valence electrons. The molecule has 33 heavy (non-hydrogen) atoms. The molecule has 0 aliphatic carbocycles. The van der Waals surface area contributed by atoms with Gasteiger partial charge < -0.3 is 4.74 Å². The number of rotatable bonds is 6. The fraction of sp³-hybridized carbons (Fsp3) is 0.333. The van der Waals surface area contributed by atoms with Gasteiger partial charge >= 0.3 is 5.97 Å². The highest BCUT2D eigenvalue weighted by Crippen LogP contribution is 2.24. The van der Waals surface area contributed by atoms with Crippen LogP contribution in [-0.4, -0.2) is 41.7 Å². The van der Waals surface area contributed by atoms with E-state index in [2.05, 4.69) is 26.2 Å². The molecule has 1 saturated heterocycles. The Morgan fingerprint density at radius 2 is 1.76 bits per heavy atom. The normalized spacial score (nSPS) is 16.0. The third kappa shape index (κ3) is 6.12. The maximum atomic E-state index is 12.5. The largest absolute Gasteiger partial charge is 0.457 e. The van der Waals surface area contributed by atoms with E-state index in [1.54, 1.807) is 12.1 Å². The Bertz CT molecular complexity index is 1090. The molecule has 0 spiro atoms. The fourth-order valence-corrected chi connectivity index (χ4v) is 3.84. The van der Waals surface area contributed by atoms with Gasteiger partial charge in [0.05, 0.1) is 17.5 Å². The second-order valence-electron chi connectivity index (χ2n) is 8.83. The number of hydrogen-bond acceptors (Lipinski definition) is 5. The van der Waals surface area contributed by atoms with Crippen LogP contribution in [0.3, 0.4) is 0 Å². The summed E-state index contributed by atoms with van der Waals surface area (Å²) in [6, 6.07) is 11.5. The lowest BCUT2D eigenvalue weighted by Gasteiger charge is -2.20. The molecule has 3 rings (SSSR count). The summed E-state index contributed by atoms with van der Waals surface area (Å²) in [4.78, 5) is 49.5. The number of amides is 2. The zero-order chi connectivity index (χ0) is 24.3. The second kappa shape index (κ2) is 9.93. The maximum Gasteiger partial charge on any atom is 0.311 e. The van der Waals surface area contributed by atoms with E-state index in [9.17, 15) is 19.2 Å². The minimum atomic E-state index is -0.797. The number of halogens is 2. The van der Waals surface area contributed by atoms with Gasteiger partial charge in [-0.05, 0) is 41.3 Å². The van der Waals surface area contributed by atoms with Gasteiger partial charge in [0.2, 0.25) is 11.7 Å². The number of carbonyl (C=O) groups is 4. The molecule has 0 saturated carbocycles. The monoisotopic (exact) mass is 490 g/mol. The van der Waals surface area contributed by atoms with Crippen LogP contribution in [0.4, 0.5) is 0 Å². The highest BCUT2D eigenvalue weighted by molar-refractivity contribution is 6.36. The van der Waals surface area contributed by atoms with Crippen LogP contribution in [0.2, 0.25) is 10.0 Å². The molecule has 1 heterocycles. The van der Waals surface area contributed by atoms with Crippen LogP contribution in [0, 0.1) is 5.92 Å². The number of nitrogens with one attached hydrogen (secondary N) is 1. The number of ether oxygens (including phenoxy) is 1. The summed E-state index contributed by atoms with van der Waals surface area (Å²) in [5.41, 5.74) is 4.14. The van der Waals surface area contributed by atoms with Crippen molar-refractivity contribution in [3.63, 3.8) is 0 Å². The first-order valence-corrected chi connectivity index (χ1v) is 11.1. The van der Waals surface area contributed by atoms with Gasteiger partial charge in [0.25, 0.3) is 5.91 Å². The topological polar surface area (TPSA) is 92.8 Å². The Morgan fingerprint density at radius 1 is 1.09 bits per heavy atom. The van der Waals surface area contributed by atoms with Crippen LogP contribution >= 0.6 is 23.2 Å². The lowest BCUT2D eigenvalue weighted by Crippen LogP contribution is -2.43. The van der Waals surface area contributed by atoms with Gasteiger partial charge in [-0.3, -0.25) is 29.6 Å². The Kier molecular flexibility index (Phi) is 7.44. The van der Waals surface area contributed by atoms with Crippen molar-refractivity contribution in [3.05, 3.63) is 69.2 Å². The first-order chi connectivity index (χ1) is 15.5. The summed E-state index contributed by atoms with van der Waals surface area (Å²) in [7, 11) is 0. The van der Waals surface area contributed by atoms with Gasteiger partial charge in [0.1, 0.15) is 0 Å². The highest BCUT2D eigenvalue weighted by Gasteiger charge is 2.37. The quantitative estimate of drug-likeness (QED) is 0.483. The van der Waals surface area contributed by atoms with Gasteiger partial charge in [0, 0.05) is 22.6 Å². The molecule has 1 N–H and O–H groups in total. The van der Waals surface area contributed by atoms with E-state index in [0.29, 0.717) is 10.6 Å². The van der Waals surface area contributed by atoms with Crippen molar-refractivity contribution in [2.45, 2.75) is 32.6 Å². The Labute approximate surface area is 202 Å². The lowest BCUT2D eigenvalue weighted by molar-refractivity contribution is -0.147. The van der Waals surface area contributed by atoms with Crippen molar-refractivity contribution >= 4 is 46.8 Å². The smallest absolute Gasteiger partial charge is 0.311 e. The van der Waals surface area contributed by atoms with Crippen LogP contribution in [0.25, 0.3) is 0 Å². The third-order valence-electron chi connectivity index (χ3n) is 5.29. The Morgan fingerprint density at radius 3 is 2.36 bits per heavy atom. The number of carbonyl (C=O) groups excluding carboxylic acids is 4. The molecule has 1 aliphatic rings. The zero-order valence-corrected chi connectivity index (χ0v) is 20.0. The molecule has 1 atom stereocenters. The molecular formula is C24H24Cl2N2O5. The molecule has 2 aromatic carbocycles. The van der Waals surface area contributed by atoms with Crippen LogP contribution < -0.4 is 5.43 Å². The summed E-state index contributed by atoms with van der Waals surface area (Å²) in [5, 5.41) is 1.64. The van der Waals surface area contributed by atoms with Gasteiger partial charge in [-0.2, -0.15) is 0 Å². The van der Waals surface area contributed by atoms with Gasteiger partial charge in [-0.25, -0.2) is 0 Å². The van der Waals surface area contributed by atoms with Crippen molar-refractivity contribution in [2.75, 3.05) is 13.2 Å². The highest BCUT2D eigenvalue weighted by atomic mass is 35.5. The minimum Gasteiger partial charge on any atom is -0.457 e. The van der Waals surface area contributed by atoms with Crippen LogP contribution in [0.15, 0.2) is 42.5 Å². The predicted molar refractivity (Wildman–Crippen MR) is 124 cm³/mol. The average Bonchev–Trinajstić information content (AvgIpc) is 3.11. The predicted octanol–water partition coefficient (Wildman–Crippen LogP) is 4.21. The van der Waals surface area contributed by atoms with Crippen LogP contribution in [0.5, 0.6) is 0 Å². The minimum absolute atomic E-state index is 0.0423. The first-order valence-electron chi connectivity index (χ1n) is 10.3. The molecule has 2 amide bonds. The summed E-state index contributed by atoms with van der Waals surface area (Å²) in [5.74, 6) is -2.85. The summed E-state index contributed by atoms with van der Waals surface area (Å²) in [6.07, 6.45) is -0.127. The zero-order valence-electron chi connectivity index (χ0n) is 18.5. The summed E-state index contributed by atoms with van der Waals surface area (Å²) in [6.45, 7) is 5.65. The van der Waals surface area contributed by atoms with E-state index in [4.69, 9.17) is 27.9 Å². The molecule has 9 heteroatoms. The van der Waals surface area contributed by atoms with Crippen molar-refractivity contribution < 1.29 is 23.9 Å². The average molecular weight is 491 g/mol. The van der Waals surface area contributed by atoms with Crippen molar-refractivity contribution in [2.24, 2.45) is 5.92 Å². The number of hydrazine groups is 1. The van der Waals surface area contributed by atoms with Gasteiger partial charge in [-0.15, -0.1) is 0 Å². The SMILES string of the molecule is CC(C)(C)c1ccc(C(=O)NN2CC(C(=O)OCC(=O)c3ccc(Cl)cc3Cl)CC2=O)cc1. The summed E-state index contributed by atoms with van der Waals surface area (Å²) >= 11 is 11.8. The molecule has 1 aliphatic heterocycles. The lowest BCUT2D eigenvalue weighted by atomic mass is 9.87. The number of benzene rings is 2. The van der Waals surface area contributed by atoms with E-state index in [1.807, 2.05) is 12.1 Å². The number of ketones is 1. The first kappa shape index (κ1) is 24.7. The molecule has 1 unspecified atom stereocenters. The standard InChI is InChI=1S/C24H24Cl2N2O5/c1-24(2,3)16-6-4-14(5-7-16)22(31)27-28-12-15(10-21(28)30)23(32)33-13-20(29)18-9-8-17(25)11-19(18)26/h4-9,11,15H,10,12-13H2,1-3H3,(H,27,31). The maximum absolute atomic E-state index is 12.5. The molecule has 0 radical (unpaired) electrons. The van der Waals surface area contributed by atoms with Gasteiger partial charge in [-0.1, -0.05) is 56.1 Å². The van der Waals surface area contributed by atoms with E-state index < -0.39 is 36.1 Å². The second-order valence-corrected chi connectivity index (χ2v) is 9.67.